The van der Waals surface area contributed by atoms with Gasteiger partial charge in [0, 0.05) is 24.0 Å². The van der Waals surface area contributed by atoms with Crippen molar-refractivity contribution in [2.75, 3.05) is 7.11 Å². The number of rotatable bonds is 5. The Morgan fingerprint density at radius 2 is 2.11 bits per heavy atom. The second kappa shape index (κ2) is 5.93. The molecule has 0 bridgehead atoms. The van der Waals surface area contributed by atoms with Gasteiger partial charge in [-0.25, -0.2) is 0 Å². The minimum absolute atomic E-state index is 0.126. The summed E-state index contributed by atoms with van der Waals surface area (Å²) in [5.41, 5.74) is 9.67. The lowest BCUT2D eigenvalue weighted by molar-refractivity contribution is 0.408. The van der Waals surface area contributed by atoms with E-state index < -0.39 is 0 Å². The zero-order chi connectivity index (χ0) is 13.8. The zero-order valence-electron chi connectivity index (χ0n) is 11.9. The minimum Gasteiger partial charge on any atom is -0.496 e. The Morgan fingerprint density at radius 1 is 1.32 bits per heavy atom. The second-order valence-electron chi connectivity index (χ2n) is 4.95. The van der Waals surface area contributed by atoms with Gasteiger partial charge in [0.15, 0.2) is 0 Å². The van der Waals surface area contributed by atoms with Crippen molar-refractivity contribution in [2.45, 2.75) is 32.9 Å². The summed E-state index contributed by atoms with van der Waals surface area (Å²) in [7, 11) is 1.71. The monoisotopic (exact) mass is 258 g/mol. The van der Waals surface area contributed by atoms with Gasteiger partial charge < -0.3 is 15.0 Å². The van der Waals surface area contributed by atoms with Crippen molar-refractivity contribution in [3.8, 4) is 5.75 Å². The molecule has 0 amide bonds. The number of aromatic nitrogens is 1. The van der Waals surface area contributed by atoms with Gasteiger partial charge in [0.2, 0.25) is 0 Å². The fourth-order valence-corrected chi connectivity index (χ4v) is 2.24. The second-order valence-corrected chi connectivity index (χ2v) is 4.95. The van der Waals surface area contributed by atoms with E-state index in [0.29, 0.717) is 0 Å². The number of aryl methyl sites for hydroxylation is 1. The number of methoxy groups -OCH3 is 1. The van der Waals surface area contributed by atoms with E-state index in [1.54, 1.807) is 7.11 Å². The van der Waals surface area contributed by atoms with Gasteiger partial charge in [-0.3, -0.25) is 0 Å². The number of hydrogen-bond donors (Lipinski definition) is 1. The van der Waals surface area contributed by atoms with Crippen molar-refractivity contribution in [2.24, 2.45) is 5.73 Å². The molecule has 2 N–H and O–H groups in total. The van der Waals surface area contributed by atoms with E-state index >= 15 is 0 Å². The molecule has 2 aromatic rings. The predicted molar refractivity (Wildman–Crippen MR) is 78.5 cm³/mol. The van der Waals surface area contributed by atoms with Gasteiger partial charge in [0.1, 0.15) is 5.75 Å². The van der Waals surface area contributed by atoms with E-state index in [9.17, 15) is 0 Å². The first-order valence-corrected chi connectivity index (χ1v) is 6.68. The summed E-state index contributed by atoms with van der Waals surface area (Å²) < 4.78 is 7.56. The van der Waals surface area contributed by atoms with Gasteiger partial charge in [-0.15, -0.1) is 0 Å². The molecule has 0 saturated heterocycles. The molecule has 0 saturated carbocycles. The van der Waals surface area contributed by atoms with Crippen LogP contribution in [0.5, 0.6) is 5.75 Å². The maximum Gasteiger partial charge on any atom is 0.123 e. The van der Waals surface area contributed by atoms with Crippen LogP contribution in [0.4, 0.5) is 0 Å². The van der Waals surface area contributed by atoms with Crippen LogP contribution >= 0.6 is 0 Å². The molecule has 3 heteroatoms. The zero-order valence-corrected chi connectivity index (χ0v) is 11.9. The maximum atomic E-state index is 6.04. The van der Waals surface area contributed by atoms with E-state index in [1.165, 1.54) is 16.7 Å². The molecule has 0 aliphatic rings. The highest BCUT2D eigenvalue weighted by Gasteiger charge is 2.07. The molecule has 0 spiro atoms. The van der Waals surface area contributed by atoms with Crippen LogP contribution in [0.15, 0.2) is 36.7 Å². The number of nitrogens with zero attached hydrogens (tertiary/aromatic N) is 1. The lowest BCUT2D eigenvalue weighted by Gasteiger charge is -2.10. The predicted octanol–water partition coefficient (Wildman–Crippen LogP) is 3.26. The molecule has 0 fully saturated rings. The van der Waals surface area contributed by atoms with Crippen LogP contribution in [0.1, 0.15) is 36.1 Å². The Bertz CT molecular complexity index is 545. The fraction of sp³-hybridized carbons (Fsp3) is 0.375. The maximum absolute atomic E-state index is 6.04. The third-order valence-electron chi connectivity index (χ3n) is 3.43. The topological polar surface area (TPSA) is 40.2 Å². The Morgan fingerprint density at radius 3 is 2.79 bits per heavy atom. The summed E-state index contributed by atoms with van der Waals surface area (Å²) in [5, 5.41) is 0. The van der Waals surface area contributed by atoms with Crippen LogP contribution in [-0.2, 0) is 6.54 Å². The van der Waals surface area contributed by atoms with Crippen LogP contribution in [0.3, 0.4) is 0 Å². The number of hydrogen-bond acceptors (Lipinski definition) is 2. The third-order valence-corrected chi connectivity index (χ3v) is 3.43. The average molecular weight is 258 g/mol. The Kier molecular flexibility index (Phi) is 4.27. The molecule has 0 aliphatic carbocycles. The standard InChI is InChI=1S/C16H22N2O/c1-4-15(17)13-7-8-18(10-13)11-14-9-12(2)5-6-16(14)19-3/h5-10,15H,4,11,17H2,1-3H3. The average Bonchev–Trinajstić information content (AvgIpc) is 2.86. The van der Waals surface area contributed by atoms with Gasteiger partial charge in [-0.05, 0) is 31.0 Å². The Labute approximate surface area is 115 Å². The minimum atomic E-state index is 0.126. The van der Waals surface area contributed by atoms with E-state index in [-0.39, 0.29) is 6.04 Å². The Hall–Kier alpha value is -1.74. The molecular weight excluding hydrogens is 236 g/mol. The molecule has 1 atom stereocenters. The number of nitrogens with two attached hydrogens (primary N) is 1. The van der Waals surface area contributed by atoms with Crippen LogP contribution in [0.2, 0.25) is 0 Å². The number of ether oxygens (including phenoxy) is 1. The highest BCUT2D eigenvalue weighted by atomic mass is 16.5. The first kappa shape index (κ1) is 13.7. The first-order chi connectivity index (χ1) is 9.13. The molecule has 1 unspecified atom stereocenters. The fourth-order valence-electron chi connectivity index (χ4n) is 2.24. The highest BCUT2D eigenvalue weighted by molar-refractivity contribution is 5.37. The van der Waals surface area contributed by atoms with Gasteiger partial charge in [0.05, 0.1) is 13.7 Å². The SMILES string of the molecule is CCC(N)c1ccn(Cc2cc(C)ccc2OC)c1. The molecule has 2 rings (SSSR count). The van der Waals surface area contributed by atoms with E-state index in [2.05, 4.69) is 49.0 Å². The van der Waals surface area contributed by atoms with E-state index in [1.807, 2.05) is 6.07 Å². The molecule has 0 aliphatic heterocycles. The van der Waals surface area contributed by atoms with Crippen molar-refractivity contribution < 1.29 is 4.74 Å². The van der Waals surface area contributed by atoms with Gasteiger partial charge >= 0.3 is 0 Å². The summed E-state index contributed by atoms with van der Waals surface area (Å²) in [5.74, 6) is 0.931. The summed E-state index contributed by atoms with van der Waals surface area (Å²) in [4.78, 5) is 0. The third kappa shape index (κ3) is 3.18. The normalized spacial score (nSPS) is 12.4. The van der Waals surface area contributed by atoms with Crippen LogP contribution in [0.25, 0.3) is 0 Å². The van der Waals surface area contributed by atoms with Crippen molar-refractivity contribution in [1.29, 1.82) is 0 Å². The van der Waals surface area contributed by atoms with E-state index in [4.69, 9.17) is 10.5 Å². The van der Waals surface area contributed by atoms with Crippen LogP contribution < -0.4 is 10.5 Å². The number of benzene rings is 1. The van der Waals surface area contributed by atoms with Gasteiger partial charge in [0.25, 0.3) is 0 Å². The lowest BCUT2D eigenvalue weighted by Crippen LogP contribution is -2.07. The summed E-state index contributed by atoms with van der Waals surface area (Å²) in [6.45, 7) is 5.00. The summed E-state index contributed by atoms with van der Waals surface area (Å²) >= 11 is 0. The molecule has 3 nitrogen and oxygen atoms in total. The van der Waals surface area contributed by atoms with Crippen molar-refractivity contribution in [3.63, 3.8) is 0 Å². The van der Waals surface area contributed by atoms with Crippen molar-refractivity contribution in [1.82, 2.24) is 4.57 Å². The molecule has 0 radical (unpaired) electrons. The Balaban J connectivity index is 2.21. The summed E-state index contributed by atoms with van der Waals surface area (Å²) in [6.07, 6.45) is 5.15. The van der Waals surface area contributed by atoms with Crippen molar-refractivity contribution in [3.05, 3.63) is 53.3 Å². The lowest BCUT2D eigenvalue weighted by atomic mass is 10.1. The van der Waals surface area contributed by atoms with E-state index in [0.717, 1.165) is 18.7 Å². The van der Waals surface area contributed by atoms with Crippen LogP contribution in [0, 0.1) is 6.92 Å². The van der Waals surface area contributed by atoms with Crippen LogP contribution in [-0.4, -0.2) is 11.7 Å². The smallest absolute Gasteiger partial charge is 0.123 e. The highest BCUT2D eigenvalue weighted by Crippen LogP contribution is 2.22. The van der Waals surface area contributed by atoms with Gasteiger partial charge in [-0.2, -0.15) is 0 Å². The quantitative estimate of drug-likeness (QED) is 0.894. The molecule has 1 aromatic carbocycles. The molecule has 19 heavy (non-hydrogen) atoms. The molecule has 1 aromatic heterocycles. The molecule has 1 heterocycles. The molecule has 102 valence electrons. The largest absolute Gasteiger partial charge is 0.496 e. The van der Waals surface area contributed by atoms with Gasteiger partial charge in [-0.1, -0.05) is 24.6 Å². The van der Waals surface area contributed by atoms with Crippen molar-refractivity contribution >= 4 is 0 Å². The first-order valence-electron chi connectivity index (χ1n) is 6.68. The summed E-state index contributed by atoms with van der Waals surface area (Å²) in [6, 6.07) is 8.47. The molecular formula is C16H22N2O.